The van der Waals surface area contributed by atoms with Gasteiger partial charge < -0.3 is 15.2 Å². The molecule has 2 N–H and O–H groups in total. The summed E-state index contributed by atoms with van der Waals surface area (Å²) in [7, 11) is 0. The van der Waals surface area contributed by atoms with Gasteiger partial charge >= 0.3 is 6.03 Å². The van der Waals surface area contributed by atoms with Crippen molar-refractivity contribution in [3.63, 3.8) is 0 Å². The Labute approximate surface area is 200 Å². The standard InChI is InChI=1S/C28H31N5O/c34-28(31-25-14-16-32(17-15-25)19-23-6-2-1-3-7-23)29-18-22-10-12-24(13-11-22)20-33-21-30-26-8-4-5-9-27(26)33/h1-13,21,25H,14-20H2,(H2,29,31,34). The Morgan fingerprint density at radius 3 is 2.29 bits per heavy atom. The van der Waals surface area contributed by atoms with Gasteiger partial charge in [0.1, 0.15) is 0 Å². The molecule has 1 aromatic heterocycles. The molecule has 1 aliphatic heterocycles. The van der Waals surface area contributed by atoms with Gasteiger partial charge in [-0.25, -0.2) is 9.78 Å². The Balaban J connectivity index is 1.05. The summed E-state index contributed by atoms with van der Waals surface area (Å²) < 4.78 is 2.15. The highest BCUT2D eigenvalue weighted by molar-refractivity contribution is 5.75. The summed E-state index contributed by atoms with van der Waals surface area (Å²) in [5.74, 6) is 0. The topological polar surface area (TPSA) is 62.2 Å². The van der Waals surface area contributed by atoms with Crippen molar-refractivity contribution in [1.29, 1.82) is 0 Å². The van der Waals surface area contributed by atoms with Gasteiger partial charge in [-0.3, -0.25) is 4.90 Å². The zero-order chi connectivity index (χ0) is 23.2. The number of urea groups is 1. The maximum Gasteiger partial charge on any atom is 0.315 e. The van der Waals surface area contributed by atoms with Crippen LogP contribution in [0.15, 0.2) is 85.2 Å². The summed E-state index contributed by atoms with van der Waals surface area (Å²) >= 11 is 0. The third kappa shape index (κ3) is 5.64. The van der Waals surface area contributed by atoms with Crippen LogP contribution in [0.25, 0.3) is 11.0 Å². The summed E-state index contributed by atoms with van der Waals surface area (Å²) in [6.45, 7) is 4.29. The van der Waals surface area contributed by atoms with Gasteiger partial charge in [-0.15, -0.1) is 0 Å². The van der Waals surface area contributed by atoms with Crippen LogP contribution in [0.2, 0.25) is 0 Å². The molecular formula is C28H31N5O. The minimum atomic E-state index is -0.0875. The van der Waals surface area contributed by atoms with Crippen LogP contribution in [0.3, 0.4) is 0 Å². The molecule has 3 aromatic carbocycles. The number of aromatic nitrogens is 2. The van der Waals surface area contributed by atoms with Crippen molar-refractivity contribution in [2.45, 2.75) is 38.5 Å². The van der Waals surface area contributed by atoms with Crippen molar-refractivity contribution >= 4 is 17.1 Å². The van der Waals surface area contributed by atoms with Crippen molar-refractivity contribution in [1.82, 2.24) is 25.1 Å². The number of piperidine rings is 1. The molecule has 6 nitrogen and oxygen atoms in total. The minimum absolute atomic E-state index is 0.0875. The second-order valence-corrected chi connectivity index (χ2v) is 9.04. The maximum absolute atomic E-state index is 12.4. The maximum atomic E-state index is 12.4. The normalized spacial score (nSPS) is 14.8. The predicted octanol–water partition coefficient (Wildman–Crippen LogP) is 4.55. The van der Waals surface area contributed by atoms with E-state index in [-0.39, 0.29) is 12.1 Å². The smallest absolute Gasteiger partial charge is 0.315 e. The number of nitrogens with zero attached hydrogens (tertiary/aromatic N) is 3. The molecule has 2 amide bonds. The van der Waals surface area contributed by atoms with Crippen molar-refractivity contribution in [3.05, 3.63) is 102 Å². The predicted molar refractivity (Wildman–Crippen MR) is 135 cm³/mol. The highest BCUT2D eigenvalue weighted by Gasteiger charge is 2.20. The van der Waals surface area contributed by atoms with Crippen LogP contribution in [0.1, 0.15) is 29.5 Å². The van der Waals surface area contributed by atoms with E-state index in [1.165, 1.54) is 11.1 Å². The number of carbonyl (C=O) groups is 1. The second-order valence-electron chi connectivity index (χ2n) is 9.04. The molecule has 0 aliphatic carbocycles. The van der Waals surface area contributed by atoms with Gasteiger partial charge in [-0.1, -0.05) is 66.7 Å². The van der Waals surface area contributed by atoms with E-state index in [4.69, 9.17) is 0 Å². The van der Waals surface area contributed by atoms with Gasteiger partial charge in [0, 0.05) is 38.8 Å². The molecule has 0 atom stereocenters. The zero-order valence-corrected chi connectivity index (χ0v) is 19.4. The van der Waals surface area contributed by atoms with Gasteiger partial charge in [0.15, 0.2) is 0 Å². The lowest BCUT2D eigenvalue weighted by Gasteiger charge is -2.32. The molecule has 0 spiro atoms. The van der Waals surface area contributed by atoms with Crippen LogP contribution < -0.4 is 10.6 Å². The summed E-state index contributed by atoms with van der Waals surface area (Å²) in [6, 6.07) is 27.3. The number of amides is 2. The first-order valence-corrected chi connectivity index (χ1v) is 12.0. The summed E-state index contributed by atoms with van der Waals surface area (Å²) in [5.41, 5.74) is 5.79. The number of fused-ring (bicyclic) bond motifs is 1. The van der Waals surface area contributed by atoms with E-state index in [2.05, 4.69) is 85.7 Å². The number of likely N-dealkylation sites (tertiary alicyclic amines) is 1. The quantitative estimate of drug-likeness (QED) is 0.432. The van der Waals surface area contributed by atoms with Crippen LogP contribution in [0.4, 0.5) is 4.79 Å². The molecular weight excluding hydrogens is 422 g/mol. The summed E-state index contributed by atoms with van der Waals surface area (Å²) in [5, 5.41) is 6.15. The molecule has 1 saturated heterocycles. The first kappa shape index (κ1) is 22.2. The Kier molecular flexibility index (Phi) is 6.86. The first-order chi connectivity index (χ1) is 16.7. The van der Waals surface area contributed by atoms with E-state index in [1.54, 1.807) is 0 Å². The van der Waals surface area contributed by atoms with E-state index in [9.17, 15) is 4.79 Å². The fraction of sp³-hybridized carbons (Fsp3) is 0.286. The number of nitrogens with one attached hydrogen (secondary N) is 2. The van der Waals surface area contributed by atoms with Crippen molar-refractivity contribution in [2.75, 3.05) is 13.1 Å². The van der Waals surface area contributed by atoms with E-state index < -0.39 is 0 Å². The largest absolute Gasteiger partial charge is 0.335 e. The minimum Gasteiger partial charge on any atom is -0.335 e. The first-order valence-electron chi connectivity index (χ1n) is 12.0. The SMILES string of the molecule is O=C(NCc1ccc(Cn2cnc3ccccc32)cc1)NC1CCN(Cc2ccccc2)CC1. The fourth-order valence-corrected chi connectivity index (χ4v) is 4.59. The molecule has 174 valence electrons. The number of carbonyl (C=O) groups excluding carboxylic acids is 1. The zero-order valence-electron chi connectivity index (χ0n) is 19.4. The third-order valence-corrected chi connectivity index (χ3v) is 6.53. The van der Waals surface area contributed by atoms with Crippen LogP contribution >= 0.6 is 0 Å². The van der Waals surface area contributed by atoms with E-state index in [1.807, 2.05) is 24.5 Å². The molecule has 2 heterocycles. The Hall–Kier alpha value is -3.64. The van der Waals surface area contributed by atoms with Gasteiger partial charge in [0.25, 0.3) is 0 Å². The molecule has 0 radical (unpaired) electrons. The molecule has 0 saturated carbocycles. The molecule has 0 bridgehead atoms. The van der Waals surface area contributed by atoms with Crippen molar-refractivity contribution < 1.29 is 4.79 Å². The third-order valence-electron chi connectivity index (χ3n) is 6.53. The number of hydrogen-bond donors (Lipinski definition) is 2. The van der Waals surface area contributed by atoms with Gasteiger partial charge in [0.05, 0.1) is 17.4 Å². The van der Waals surface area contributed by atoms with E-state index in [0.717, 1.165) is 55.6 Å². The number of benzene rings is 3. The Morgan fingerprint density at radius 2 is 1.50 bits per heavy atom. The van der Waals surface area contributed by atoms with Crippen LogP contribution in [0.5, 0.6) is 0 Å². The fourth-order valence-electron chi connectivity index (χ4n) is 4.59. The number of imidazole rings is 1. The monoisotopic (exact) mass is 453 g/mol. The number of hydrogen-bond acceptors (Lipinski definition) is 3. The lowest BCUT2D eigenvalue weighted by Crippen LogP contribution is -2.47. The lowest BCUT2D eigenvalue weighted by molar-refractivity contribution is 0.186. The van der Waals surface area contributed by atoms with E-state index >= 15 is 0 Å². The molecule has 34 heavy (non-hydrogen) atoms. The van der Waals surface area contributed by atoms with E-state index in [0.29, 0.717) is 6.54 Å². The average molecular weight is 454 g/mol. The van der Waals surface area contributed by atoms with Crippen LogP contribution in [0, 0.1) is 0 Å². The molecule has 4 aromatic rings. The Bertz CT molecular complexity index is 1210. The number of rotatable bonds is 7. The summed E-state index contributed by atoms with van der Waals surface area (Å²) in [4.78, 5) is 19.3. The molecule has 1 fully saturated rings. The van der Waals surface area contributed by atoms with Gasteiger partial charge in [-0.2, -0.15) is 0 Å². The van der Waals surface area contributed by atoms with Gasteiger partial charge in [0.2, 0.25) is 0 Å². The average Bonchev–Trinajstić information content (AvgIpc) is 3.28. The molecule has 6 heteroatoms. The molecule has 0 unspecified atom stereocenters. The Morgan fingerprint density at radius 1 is 0.824 bits per heavy atom. The lowest BCUT2D eigenvalue weighted by atomic mass is 10.0. The highest BCUT2D eigenvalue weighted by Crippen LogP contribution is 2.15. The highest BCUT2D eigenvalue weighted by atomic mass is 16.2. The van der Waals surface area contributed by atoms with Crippen molar-refractivity contribution in [3.8, 4) is 0 Å². The van der Waals surface area contributed by atoms with Gasteiger partial charge in [-0.05, 0) is 41.7 Å². The van der Waals surface area contributed by atoms with Crippen molar-refractivity contribution in [2.24, 2.45) is 0 Å². The molecule has 1 aliphatic rings. The number of para-hydroxylation sites is 2. The summed E-state index contributed by atoms with van der Waals surface area (Å²) in [6.07, 6.45) is 3.85. The second kappa shape index (κ2) is 10.5. The van der Waals surface area contributed by atoms with Crippen LogP contribution in [-0.2, 0) is 19.6 Å². The van der Waals surface area contributed by atoms with Crippen LogP contribution in [-0.4, -0.2) is 39.6 Å². The molecule has 5 rings (SSSR count).